The molecule has 1 aliphatic carbocycles. The van der Waals surface area contributed by atoms with Crippen LogP contribution in [0.15, 0.2) is 70.9 Å². The van der Waals surface area contributed by atoms with E-state index in [0.717, 1.165) is 5.56 Å². The van der Waals surface area contributed by atoms with Crippen LogP contribution in [-0.4, -0.2) is 37.8 Å². The number of anilines is 2. The molecule has 1 amide bonds. The fourth-order valence-corrected chi connectivity index (χ4v) is 5.84. The molecule has 0 fully saturated rings. The van der Waals surface area contributed by atoms with Crippen molar-refractivity contribution < 1.29 is 28.7 Å². The molecule has 2 heterocycles. The molecule has 3 aliphatic rings. The van der Waals surface area contributed by atoms with Gasteiger partial charge in [0, 0.05) is 29.1 Å². The monoisotopic (exact) mass is 500 g/mol. The van der Waals surface area contributed by atoms with Crippen molar-refractivity contribution in [3.05, 3.63) is 82.1 Å². The number of esters is 2. The number of Topliss-reactive ketones (excluding diaryl/α,β-unsaturated/α-hetero) is 1. The van der Waals surface area contributed by atoms with Crippen LogP contribution in [-0.2, 0) is 34.2 Å². The zero-order valence-electron chi connectivity index (χ0n) is 21.4. The second kappa shape index (κ2) is 8.44. The Bertz CT molecular complexity index is 1440. The molecule has 0 bridgehead atoms. The van der Waals surface area contributed by atoms with Gasteiger partial charge in [0.05, 0.1) is 30.9 Å². The van der Waals surface area contributed by atoms with Crippen molar-refractivity contribution in [2.75, 3.05) is 24.4 Å². The Morgan fingerprint density at radius 3 is 2.27 bits per heavy atom. The summed E-state index contributed by atoms with van der Waals surface area (Å²) in [4.78, 5) is 56.8. The Hall–Kier alpha value is -4.20. The zero-order valence-corrected chi connectivity index (χ0v) is 21.4. The fourth-order valence-electron chi connectivity index (χ4n) is 5.84. The molecular weight excluding hydrogens is 472 g/mol. The molecule has 2 aromatic rings. The highest BCUT2D eigenvalue weighted by Crippen LogP contribution is 2.57. The number of rotatable bonds is 3. The fraction of sp³-hybridized carbons (Fsp3) is 0.310. The van der Waals surface area contributed by atoms with E-state index in [1.165, 1.54) is 14.2 Å². The van der Waals surface area contributed by atoms with Crippen LogP contribution in [0.5, 0.6) is 0 Å². The van der Waals surface area contributed by atoms with Crippen molar-refractivity contribution in [3.8, 4) is 0 Å². The number of fused-ring (bicyclic) bond motifs is 2. The van der Waals surface area contributed by atoms with E-state index in [9.17, 15) is 19.2 Å². The predicted molar refractivity (Wildman–Crippen MR) is 137 cm³/mol. The molecule has 0 saturated heterocycles. The molecular formula is C29H28N2O6. The van der Waals surface area contributed by atoms with Gasteiger partial charge in [-0.3, -0.25) is 9.59 Å². The minimum absolute atomic E-state index is 0.0926. The van der Waals surface area contributed by atoms with Gasteiger partial charge in [-0.05, 0) is 37.0 Å². The number of para-hydroxylation sites is 1. The largest absolute Gasteiger partial charge is 0.466 e. The van der Waals surface area contributed by atoms with Gasteiger partial charge in [-0.25, -0.2) is 9.59 Å². The number of allylic oxidation sites excluding steroid dienone is 1. The Kier molecular flexibility index (Phi) is 5.58. The molecule has 190 valence electrons. The number of benzene rings is 2. The van der Waals surface area contributed by atoms with Crippen LogP contribution in [0.2, 0.25) is 0 Å². The maximum absolute atomic E-state index is 14.3. The highest BCUT2D eigenvalue weighted by atomic mass is 16.5. The van der Waals surface area contributed by atoms with Crippen molar-refractivity contribution in [2.24, 2.45) is 5.41 Å². The number of ether oxygens (including phenoxy) is 2. The summed E-state index contributed by atoms with van der Waals surface area (Å²) in [6, 6.07) is 14.6. The Morgan fingerprint density at radius 2 is 1.62 bits per heavy atom. The highest BCUT2D eigenvalue weighted by Gasteiger charge is 2.63. The van der Waals surface area contributed by atoms with Gasteiger partial charge in [-0.15, -0.1) is 0 Å². The van der Waals surface area contributed by atoms with E-state index in [2.05, 4.69) is 5.32 Å². The number of nitrogens with zero attached hydrogens (tertiary/aromatic N) is 1. The Labute approximate surface area is 214 Å². The van der Waals surface area contributed by atoms with Crippen molar-refractivity contribution in [3.63, 3.8) is 0 Å². The highest BCUT2D eigenvalue weighted by molar-refractivity contribution is 6.24. The molecule has 2 aliphatic heterocycles. The van der Waals surface area contributed by atoms with E-state index in [4.69, 9.17) is 9.47 Å². The van der Waals surface area contributed by atoms with Crippen LogP contribution in [0.1, 0.15) is 37.8 Å². The average Bonchev–Trinajstić information content (AvgIpc) is 3.13. The number of amides is 1. The lowest BCUT2D eigenvalue weighted by Crippen LogP contribution is -2.58. The number of carbonyl (C=O) groups is 4. The van der Waals surface area contributed by atoms with Gasteiger partial charge in [0.25, 0.3) is 5.91 Å². The molecule has 0 radical (unpaired) electrons. The first-order valence-corrected chi connectivity index (χ1v) is 12.0. The number of hydrogen-bond acceptors (Lipinski definition) is 7. The number of nitrogens with one attached hydrogen (secondary N) is 1. The van der Waals surface area contributed by atoms with Crippen molar-refractivity contribution in [2.45, 2.75) is 39.2 Å². The first-order chi connectivity index (χ1) is 17.6. The van der Waals surface area contributed by atoms with E-state index < -0.39 is 28.8 Å². The van der Waals surface area contributed by atoms with Gasteiger partial charge in [0.15, 0.2) is 11.3 Å². The lowest BCUT2D eigenvalue weighted by atomic mass is 9.66. The van der Waals surface area contributed by atoms with Crippen LogP contribution < -0.4 is 10.2 Å². The molecule has 0 aromatic heterocycles. The smallest absolute Gasteiger partial charge is 0.339 e. The lowest BCUT2D eigenvalue weighted by molar-refractivity contribution is -0.141. The molecule has 1 N–H and O–H groups in total. The summed E-state index contributed by atoms with van der Waals surface area (Å²) in [5.41, 5.74) is 0.297. The van der Waals surface area contributed by atoms with Crippen LogP contribution >= 0.6 is 0 Å². The number of ketones is 1. The van der Waals surface area contributed by atoms with Gasteiger partial charge in [-0.2, -0.15) is 0 Å². The van der Waals surface area contributed by atoms with E-state index in [-0.39, 0.29) is 28.9 Å². The first-order valence-electron chi connectivity index (χ1n) is 12.0. The third-order valence-electron chi connectivity index (χ3n) is 7.25. The third-order valence-corrected chi connectivity index (χ3v) is 7.25. The number of carbonyl (C=O) groups excluding carboxylic acids is 4. The summed E-state index contributed by atoms with van der Waals surface area (Å²) in [6.45, 7) is 5.82. The average molecular weight is 501 g/mol. The van der Waals surface area contributed by atoms with Gasteiger partial charge in [0.2, 0.25) is 0 Å². The Balaban J connectivity index is 2.02. The maximum Gasteiger partial charge on any atom is 0.339 e. The summed E-state index contributed by atoms with van der Waals surface area (Å²) in [5.74, 6) is -2.59. The molecule has 1 unspecified atom stereocenters. The second-order valence-electron chi connectivity index (χ2n) is 10.4. The third kappa shape index (κ3) is 3.43. The number of aryl methyl sites for hydroxylation is 1. The van der Waals surface area contributed by atoms with Gasteiger partial charge < -0.3 is 19.7 Å². The topological polar surface area (TPSA) is 102 Å². The second-order valence-corrected chi connectivity index (χ2v) is 10.4. The molecule has 8 nitrogen and oxygen atoms in total. The van der Waals surface area contributed by atoms with E-state index >= 15 is 0 Å². The van der Waals surface area contributed by atoms with Crippen LogP contribution in [0.3, 0.4) is 0 Å². The van der Waals surface area contributed by atoms with E-state index in [0.29, 0.717) is 29.1 Å². The summed E-state index contributed by atoms with van der Waals surface area (Å²) in [6.07, 6.45) is 0.548. The number of hydrogen-bond donors (Lipinski definition) is 1. The molecule has 37 heavy (non-hydrogen) atoms. The normalized spacial score (nSPS) is 22.0. The molecule has 8 heteroatoms. The summed E-state index contributed by atoms with van der Waals surface area (Å²) < 4.78 is 10.3. The van der Waals surface area contributed by atoms with Crippen LogP contribution in [0.4, 0.5) is 11.4 Å². The quantitative estimate of drug-likeness (QED) is 0.637. The van der Waals surface area contributed by atoms with Gasteiger partial charge in [0.1, 0.15) is 0 Å². The first kappa shape index (κ1) is 24.5. The van der Waals surface area contributed by atoms with Crippen LogP contribution in [0, 0.1) is 12.3 Å². The zero-order chi connectivity index (χ0) is 26.7. The van der Waals surface area contributed by atoms with Gasteiger partial charge >= 0.3 is 11.9 Å². The molecule has 1 atom stereocenters. The summed E-state index contributed by atoms with van der Waals surface area (Å²) in [5, 5.41) is 2.92. The molecule has 1 spiro atoms. The van der Waals surface area contributed by atoms with E-state index in [1.807, 2.05) is 63.2 Å². The van der Waals surface area contributed by atoms with Crippen molar-refractivity contribution in [1.29, 1.82) is 0 Å². The molecule has 5 rings (SSSR count). The van der Waals surface area contributed by atoms with Gasteiger partial charge in [-0.1, -0.05) is 49.7 Å². The van der Waals surface area contributed by atoms with E-state index in [1.54, 1.807) is 11.0 Å². The van der Waals surface area contributed by atoms with Crippen molar-refractivity contribution >= 4 is 35.0 Å². The predicted octanol–water partition coefficient (Wildman–Crippen LogP) is 3.95. The van der Waals surface area contributed by atoms with Crippen LogP contribution in [0.25, 0.3) is 0 Å². The maximum atomic E-state index is 14.3. The standard InChI is InChI=1S/C29H28N2O6/c1-16-11-12-19-18(13-16)29(27(35)30-19)24(26(34)37-5)23(25(33)36-4)22-20(14-28(2,3)15-21(22)32)31(29)17-9-7-6-8-10-17/h6-13H,14-15H2,1-5H3,(H,30,35). The van der Waals surface area contributed by atoms with Crippen molar-refractivity contribution in [1.82, 2.24) is 0 Å². The summed E-state index contributed by atoms with van der Waals surface area (Å²) in [7, 11) is 2.37. The Morgan fingerprint density at radius 1 is 0.946 bits per heavy atom. The minimum Gasteiger partial charge on any atom is -0.466 e. The molecule has 2 aromatic carbocycles. The lowest BCUT2D eigenvalue weighted by Gasteiger charge is -2.50. The molecule has 0 saturated carbocycles. The summed E-state index contributed by atoms with van der Waals surface area (Å²) >= 11 is 0. The SMILES string of the molecule is COC(=O)C1=C(C(=O)OC)C2(C(=O)Nc3ccc(C)cc32)N(c2ccccc2)C2=C1C(=O)CC(C)(C)C2. The number of methoxy groups -OCH3 is 2. The minimum atomic E-state index is -1.81.